The number of aliphatic carboxylic acids is 1. The Morgan fingerprint density at radius 3 is 2.53 bits per heavy atom. The monoisotopic (exact) mass is 325 g/mol. The van der Waals surface area contributed by atoms with Gasteiger partial charge >= 0.3 is 5.97 Å². The van der Waals surface area contributed by atoms with Crippen molar-refractivity contribution in [3.8, 4) is 0 Å². The zero-order chi connectivity index (χ0) is 14.8. The minimum Gasteiger partial charge on any atom is -0.481 e. The van der Waals surface area contributed by atoms with Crippen LogP contribution in [0.25, 0.3) is 0 Å². The van der Waals surface area contributed by atoms with Gasteiger partial charge in [0.05, 0.1) is 4.34 Å². The van der Waals surface area contributed by atoms with E-state index in [1.54, 1.807) is 20.8 Å². The van der Waals surface area contributed by atoms with Crippen molar-refractivity contribution >= 4 is 38.9 Å². The highest BCUT2D eigenvalue weighted by Gasteiger charge is 2.28. The Hall–Kier alpha value is -0.630. The molecule has 0 aliphatic rings. The van der Waals surface area contributed by atoms with E-state index in [4.69, 9.17) is 16.7 Å². The molecule has 8 heteroatoms. The molecule has 0 aromatic carbocycles. The Kier molecular flexibility index (Phi) is 5.00. The predicted molar refractivity (Wildman–Crippen MR) is 75.3 cm³/mol. The van der Waals surface area contributed by atoms with Crippen LogP contribution in [-0.4, -0.2) is 25.0 Å². The Bertz CT molecular complexity index is 558. The molecular weight excluding hydrogens is 310 g/mol. The van der Waals surface area contributed by atoms with Gasteiger partial charge in [-0.15, -0.1) is 11.3 Å². The summed E-state index contributed by atoms with van der Waals surface area (Å²) in [6.07, 6.45) is 0.111. The van der Waals surface area contributed by atoms with Gasteiger partial charge < -0.3 is 5.11 Å². The molecule has 0 aliphatic carbocycles. The maximum absolute atomic E-state index is 12.2. The smallest absolute Gasteiger partial charge is 0.303 e. The number of carboxylic acids is 1. The van der Waals surface area contributed by atoms with Crippen LogP contribution in [0.4, 0.5) is 0 Å². The molecule has 0 saturated heterocycles. The fourth-order valence-corrected chi connectivity index (χ4v) is 4.60. The number of sulfonamides is 1. The van der Waals surface area contributed by atoms with Crippen LogP contribution in [0.3, 0.4) is 0 Å². The molecule has 0 fully saturated rings. The third-order valence-electron chi connectivity index (χ3n) is 2.47. The lowest BCUT2D eigenvalue weighted by molar-refractivity contribution is -0.137. The van der Waals surface area contributed by atoms with Crippen LogP contribution in [0.1, 0.15) is 32.3 Å². The van der Waals surface area contributed by atoms with Gasteiger partial charge in [0.2, 0.25) is 0 Å². The summed E-state index contributed by atoms with van der Waals surface area (Å²) in [6.45, 7) is 5.03. The maximum Gasteiger partial charge on any atom is 0.303 e. The number of aryl methyl sites for hydroxylation is 1. The molecule has 0 radical (unpaired) electrons. The molecule has 0 unspecified atom stereocenters. The summed E-state index contributed by atoms with van der Waals surface area (Å²) in [6, 6.07) is 1.50. The number of carboxylic acid groups (broad SMARTS) is 1. The molecule has 108 valence electrons. The Morgan fingerprint density at radius 1 is 1.53 bits per heavy atom. The minimum atomic E-state index is -3.68. The fraction of sp³-hybridized carbons (Fsp3) is 0.545. The van der Waals surface area contributed by atoms with Crippen molar-refractivity contribution in [2.24, 2.45) is 0 Å². The lowest BCUT2D eigenvalue weighted by Crippen LogP contribution is -2.43. The second kappa shape index (κ2) is 5.78. The first-order valence-corrected chi connectivity index (χ1v) is 8.23. The highest BCUT2D eigenvalue weighted by atomic mass is 35.5. The van der Waals surface area contributed by atoms with Crippen molar-refractivity contribution in [2.45, 2.75) is 43.4 Å². The van der Waals surface area contributed by atoms with Crippen molar-refractivity contribution in [2.75, 3.05) is 0 Å². The number of halogens is 1. The largest absolute Gasteiger partial charge is 0.481 e. The summed E-state index contributed by atoms with van der Waals surface area (Å²) in [7, 11) is -3.68. The van der Waals surface area contributed by atoms with Crippen molar-refractivity contribution < 1.29 is 18.3 Å². The van der Waals surface area contributed by atoms with Crippen LogP contribution >= 0.6 is 22.9 Å². The van der Waals surface area contributed by atoms with E-state index < -0.39 is 21.5 Å². The standard InChI is InChI=1S/C11H16ClNO4S2/c1-7-6-9(18-10(7)12)19(16,17)13-11(2,3)5-4-8(14)15/h6,13H,4-5H2,1-3H3,(H,14,15). The van der Waals surface area contributed by atoms with Crippen LogP contribution in [0, 0.1) is 6.92 Å². The number of nitrogens with one attached hydrogen (secondary N) is 1. The summed E-state index contributed by atoms with van der Waals surface area (Å²) in [5, 5.41) is 8.64. The first-order valence-electron chi connectivity index (χ1n) is 5.55. The first-order chi connectivity index (χ1) is 8.53. The van der Waals surface area contributed by atoms with Gasteiger partial charge in [-0.1, -0.05) is 11.6 Å². The van der Waals surface area contributed by atoms with E-state index >= 15 is 0 Å². The average Bonchev–Trinajstić information content (AvgIpc) is 2.56. The molecule has 1 aromatic heterocycles. The third kappa shape index (κ3) is 4.76. The maximum atomic E-state index is 12.2. The third-order valence-corrected chi connectivity index (χ3v) is 6.20. The van der Waals surface area contributed by atoms with E-state index in [0.717, 1.165) is 11.3 Å². The van der Waals surface area contributed by atoms with Gasteiger partial charge in [-0.25, -0.2) is 13.1 Å². The molecular formula is C11H16ClNO4S2. The van der Waals surface area contributed by atoms with Gasteiger partial charge in [-0.05, 0) is 38.8 Å². The highest BCUT2D eigenvalue weighted by Crippen LogP contribution is 2.30. The van der Waals surface area contributed by atoms with Crippen LogP contribution in [0.2, 0.25) is 4.34 Å². The summed E-state index contributed by atoms with van der Waals surface area (Å²) in [4.78, 5) is 10.5. The summed E-state index contributed by atoms with van der Waals surface area (Å²) >= 11 is 6.84. The van der Waals surface area contributed by atoms with E-state index in [2.05, 4.69) is 4.72 Å². The van der Waals surface area contributed by atoms with Crippen molar-refractivity contribution in [1.29, 1.82) is 0 Å². The Morgan fingerprint density at radius 2 is 2.11 bits per heavy atom. The molecule has 2 N–H and O–H groups in total. The predicted octanol–water partition coefficient (Wildman–Crippen LogP) is 2.63. The molecule has 5 nitrogen and oxygen atoms in total. The zero-order valence-corrected chi connectivity index (χ0v) is 13.2. The molecule has 1 rings (SSSR count). The van der Waals surface area contributed by atoms with Gasteiger partial charge in [-0.3, -0.25) is 4.79 Å². The van der Waals surface area contributed by atoms with E-state index in [1.165, 1.54) is 6.07 Å². The second-order valence-electron chi connectivity index (χ2n) is 4.91. The number of carbonyl (C=O) groups is 1. The summed E-state index contributed by atoms with van der Waals surface area (Å²) in [5.74, 6) is -0.956. The van der Waals surface area contributed by atoms with Gasteiger partial charge in [0.25, 0.3) is 10.0 Å². The lowest BCUT2D eigenvalue weighted by atomic mass is 10.0. The average molecular weight is 326 g/mol. The molecule has 0 bridgehead atoms. The quantitative estimate of drug-likeness (QED) is 0.842. The number of thiophene rings is 1. The van der Waals surface area contributed by atoms with Crippen LogP contribution in [0.5, 0.6) is 0 Å². The number of hydrogen-bond acceptors (Lipinski definition) is 4. The van der Waals surface area contributed by atoms with Crippen LogP contribution in [-0.2, 0) is 14.8 Å². The molecule has 0 aliphatic heterocycles. The van der Waals surface area contributed by atoms with Crippen molar-refractivity contribution in [3.63, 3.8) is 0 Å². The van der Waals surface area contributed by atoms with E-state index in [9.17, 15) is 13.2 Å². The summed E-state index contributed by atoms with van der Waals surface area (Å²) in [5.41, 5.74) is -0.128. The minimum absolute atomic E-state index is 0.0975. The Labute approximate surface area is 121 Å². The van der Waals surface area contributed by atoms with Crippen molar-refractivity contribution in [1.82, 2.24) is 4.72 Å². The normalized spacial score (nSPS) is 12.6. The zero-order valence-electron chi connectivity index (χ0n) is 10.9. The first kappa shape index (κ1) is 16.4. The Balaban J connectivity index is 2.87. The number of rotatable bonds is 6. The molecule has 1 aromatic rings. The van der Waals surface area contributed by atoms with E-state index in [1.807, 2.05) is 0 Å². The van der Waals surface area contributed by atoms with Gasteiger partial charge in [-0.2, -0.15) is 0 Å². The topological polar surface area (TPSA) is 83.5 Å². The molecule has 19 heavy (non-hydrogen) atoms. The SMILES string of the molecule is Cc1cc(S(=O)(=O)NC(C)(C)CCC(=O)O)sc1Cl. The highest BCUT2D eigenvalue weighted by molar-refractivity contribution is 7.91. The molecule has 0 amide bonds. The van der Waals surface area contributed by atoms with Crippen LogP contribution < -0.4 is 4.72 Å². The second-order valence-corrected chi connectivity index (χ2v) is 8.47. The molecule has 0 spiro atoms. The van der Waals surface area contributed by atoms with Crippen LogP contribution in [0.15, 0.2) is 10.3 Å². The molecule has 0 atom stereocenters. The fourth-order valence-electron chi connectivity index (χ4n) is 1.45. The summed E-state index contributed by atoms with van der Waals surface area (Å²) < 4.78 is 27.4. The lowest BCUT2D eigenvalue weighted by Gasteiger charge is -2.24. The molecule has 1 heterocycles. The molecule has 0 saturated carbocycles. The van der Waals surface area contributed by atoms with Gasteiger partial charge in [0.15, 0.2) is 0 Å². The van der Waals surface area contributed by atoms with Gasteiger partial charge in [0.1, 0.15) is 4.21 Å². The van der Waals surface area contributed by atoms with E-state index in [-0.39, 0.29) is 17.1 Å². The van der Waals surface area contributed by atoms with Gasteiger partial charge in [0, 0.05) is 12.0 Å². The number of hydrogen-bond donors (Lipinski definition) is 2. The van der Waals surface area contributed by atoms with E-state index in [0.29, 0.717) is 9.90 Å². The van der Waals surface area contributed by atoms with Crippen molar-refractivity contribution in [3.05, 3.63) is 16.0 Å².